The summed E-state index contributed by atoms with van der Waals surface area (Å²) in [5.41, 5.74) is 2.05. The van der Waals surface area contributed by atoms with Crippen LogP contribution in [0.15, 0.2) is 65.4 Å². The second kappa shape index (κ2) is 9.25. The van der Waals surface area contributed by atoms with Crippen molar-refractivity contribution in [1.82, 2.24) is 24.4 Å². The van der Waals surface area contributed by atoms with Crippen LogP contribution in [0.5, 0.6) is 0 Å². The second-order valence-electron chi connectivity index (χ2n) is 8.85. The monoisotopic (exact) mass is 600 g/mol. The fraction of sp³-hybridized carbons (Fsp3) is 0.154. The number of hydrogen-bond acceptors (Lipinski definition) is 4. The fourth-order valence-corrected chi connectivity index (χ4v) is 5.19. The Morgan fingerprint density at radius 3 is 2.61 bits per heavy atom. The van der Waals surface area contributed by atoms with Gasteiger partial charge < -0.3 is 5.32 Å². The van der Waals surface area contributed by atoms with Crippen molar-refractivity contribution in [3.63, 3.8) is 0 Å². The minimum Gasteiger partial charge on any atom is -0.317 e. The number of anilines is 1. The van der Waals surface area contributed by atoms with Crippen molar-refractivity contribution < 1.29 is 18.0 Å². The lowest BCUT2D eigenvalue weighted by Crippen LogP contribution is -2.21. The van der Waals surface area contributed by atoms with Gasteiger partial charge in [-0.25, -0.2) is 9.50 Å². The van der Waals surface area contributed by atoms with Crippen LogP contribution in [0.25, 0.3) is 16.9 Å². The Balaban J connectivity index is 1.34. The molecule has 0 radical (unpaired) electrons. The van der Waals surface area contributed by atoms with Crippen molar-refractivity contribution in [1.29, 1.82) is 0 Å². The number of benzene rings is 2. The number of fused-ring (bicyclic) bond motifs is 4. The lowest BCUT2D eigenvalue weighted by molar-refractivity contribution is -0.143. The van der Waals surface area contributed by atoms with E-state index in [1.807, 2.05) is 24.3 Å². The standard InChI is InChI=1S/C26H17BrClF3N6O/c27-24-20(13-36(35-24)12-14-5-8-16(28)9-6-14)32-25(38)19-11-21-33-22-17-4-2-1-3-15(17)7-10-18(22)23(26(29,30)31)37(21)34-19/h1-6,8-9,11,13H,7,10,12H2,(H,32,38). The van der Waals surface area contributed by atoms with Gasteiger partial charge in [0.1, 0.15) is 0 Å². The zero-order valence-electron chi connectivity index (χ0n) is 19.4. The quantitative estimate of drug-likeness (QED) is 0.258. The first-order valence-corrected chi connectivity index (χ1v) is 12.7. The molecule has 1 N–H and O–H groups in total. The molecule has 0 unspecified atom stereocenters. The molecule has 0 aliphatic heterocycles. The Hall–Kier alpha value is -3.70. The van der Waals surface area contributed by atoms with E-state index in [2.05, 4.69) is 36.4 Å². The molecule has 12 heteroatoms. The zero-order chi connectivity index (χ0) is 26.6. The third-order valence-electron chi connectivity index (χ3n) is 6.34. The van der Waals surface area contributed by atoms with Crippen LogP contribution in [-0.2, 0) is 25.6 Å². The average Bonchev–Trinajstić information content (AvgIpc) is 3.45. The van der Waals surface area contributed by atoms with E-state index in [1.54, 1.807) is 35.1 Å². The van der Waals surface area contributed by atoms with Crippen LogP contribution in [0, 0.1) is 0 Å². The highest BCUT2D eigenvalue weighted by Crippen LogP contribution is 2.40. The molecule has 192 valence electrons. The SMILES string of the molecule is O=C(Nc1cn(Cc2ccc(Cl)cc2)nc1Br)c1cc2nc3c(c(C(F)(F)F)n2n1)CCc1ccccc1-3. The predicted octanol–water partition coefficient (Wildman–Crippen LogP) is 6.43. The Bertz CT molecular complexity index is 1710. The van der Waals surface area contributed by atoms with Crippen molar-refractivity contribution in [2.75, 3.05) is 5.32 Å². The minimum atomic E-state index is -4.69. The van der Waals surface area contributed by atoms with Crippen molar-refractivity contribution in [2.45, 2.75) is 25.6 Å². The maximum atomic E-state index is 14.3. The molecule has 0 saturated carbocycles. The maximum absolute atomic E-state index is 14.3. The number of nitrogens with one attached hydrogen (secondary N) is 1. The highest BCUT2D eigenvalue weighted by Gasteiger charge is 2.40. The normalized spacial score (nSPS) is 12.9. The highest BCUT2D eigenvalue weighted by atomic mass is 79.9. The summed E-state index contributed by atoms with van der Waals surface area (Å²) in [6, 6.07) is 15.8. The molecule has 0 atom stereocenters. The molecule has 1 amide bonds. The van der Waals surface area contributed by atoms with Gasteiger partial charge in [0.15, 0.2) is 21.6 Å². The summed E-state index contributed by atoms with van der Waals surface area (Å²) in [5, 5.41) is 11.6. The van der Waals surface area contributed by atoms with E-state index in [-0.39, 0.29) is 29.0 Å². The molecule has 0 spiro atoms. The molecule has 5 aromatic rings. The molecule has 3 aromatic heterocycles. The number of aromatic nitrogens is 5. The molecule has 0 saturated heterocycles. The molecule has 1 aliphatic rings. The van der Waals surface area contributed by atoms with Gasteiger partial charge in [0.05, 0.1) is 24.1 Å². The van der Waals surface area contributed by atoms with Crippen LogP contribution < -0.4 is 5.32 Å². The summed E-state index contributed by atoms with van der Waals surface area (Å²) in [5.74, 6) is -0.686. The lowest BCUT2D eigenvalue weighted by Gasteiger charge is -2.23. The molecule has 38 heavy (non-hydrogen) atoms. The van der Waals surface area contributed by atoms with Crippen molar-refractivity contribution in [3.8, 4) is 11.3 Å². The molecule has 7 nitrogen and oxygen atoms in total. The molecule has 2 aromatic carbocycles. The van der Waals surface area contributed by atoms with Crippen molar-refractivity contribution in [2.24, 2.45) is 0 Å². The number of amides is 1. The third kappa shape index (κ3) is 4.45. The van der Waals surface area contributed by atoms with Gasteiger partial charge in [0.25, 0.3) is 5.91 Å². The number of carbonyl (C=O) groups excluding carboxylic acids is 1. The first kappa shape index (κ1) is 24.6. The van der Waals surface area contributed by atoms with Gasteiger partial charge in [0, 0.05) is 22.2 Å². The van der Waals surface area contributed by atoms with Crippen LogP contribution in [0.1, 0.15) is 32.9 Å². The largest absolute Gasteiger partial charge is 0.433 e. The van der Waals surface area contributed by atoms with Gasteiger partial charge >= 0.3 is 6.18 Å². The Labute approximate surface area is 227 Å². The molecule has 6 rings (SSSR count). The van der Waals surface area contributed by atoms with Crippen LogP contribution in [0.3, 0.4) is 0 Å². The van der Waals surface area contributed by atoms with E-state index in [4.69, 9.17) is 11.6 Å². The van der Waals surface area contributed by atoms with Gasteiger partial charge in [-0.2, -0.15) is 23.4 Å². The van der Waals surface area contributed by atoms with Gasteiger partial charge in [-0.15, -0.1) is 0 Å². The Morgan fingerprint density at radius 1 is 1.08 bits per heavy atom. The third-order valence-corrected chi connectivity index (χ3v) is 7.18. The smallest absolute Gasteiger partial charge is 0.317 e. The number of carbonyl (C=O) groups is 1. The van der Waals surface area contributed by atoms with Crippen molar-refractivity contribution >= 4 is 44.8 Å². The summed E-state index contributed by atoms with van der Waals surface area (Å²) in [7, 11) is 0. The van der Waals surface area contributed by atoms with E-state index >= 15 is 0 Å². The zero-order valence-corrected chi connectivity index (χ0v) is 21.8. The fourth-order valence-electron chi connectivity index (χ4n) is 4.65. The summed E-state index contributed by atoms with van der Waals surface area (Å²) >= 11 is 9.25. The summed E-state index contributed by atoms with van der Waals surface area (Å²) < 4.78 is 45.5. The van der Waals surface area contributed by atoms with E-state index < -0.39 is 17.8 Å². The topological polar surface area (TPSA) is 77.1 Å². The molecule has 0 fully saturated rings. The number of aryl methyl sites for hydroxylation is 1. The number of hydrogen-bond donors (Lipinski definition) is 1. The van der Waals surface area contributed by atoms with E-state index in [1.165, 1.54) is 6.07 Å². The van der Waals surface area contributed by atoms with Gasteiger partial charge in [-0.1, -0.05) is 48.0 Å². The van der Waals surface area contributed by atoms with Crippen LogP contribution in [0.2, 0.25) is 5.02 Å². The van der Waals surface area contributed by atoms with Crippen LogP contribution in [-0.4, -0.2) is 30.3 Å². The van der Waals surface area contributed by atoms with E-state index in [0.29, 0.717) is 33.8 Å². The van der Waals surface area contributed by atoms with E-state index in [9.17, 15) is 18.0 Å². The summed E-state index contributed by atoms with van der Waals surface area (Å²) in [6.07, 6.45) is -2.45. The molecule has 3 heterocycles. The maximum Gasteiger partial charge on any atom is 0.433 e. The number of nitrogens with zero attached hydrogens (tertiary/aromatic N) is 5. The number of halogens is 5. The first-order valence-electron chi connectivity index (χ1n) is 11.5. The first-order chi connectivity index (χ1) is 18.2. The molecular formula is C26H17BrClF3N6O. The number of alkyl halides is 3. The Morgan fingerprint density at radius 2 is 1.84 bits per heavy atom. The minimum absolute atomic E-state index is 0.0598. The Kier molecular flexibility index (Phi) is 5.99. The summed E-state index contributed by atoms with van der Waals surface area (Å²) in [4.78, 5) is 17.6. The van der Waals surface area contributed by atoms with Crippen LogP contribution >= 0.6 is 27.5 Å². The average molecular weight is 602 g/mol. The lowest BCUT2D eigenvalue weighted by atomic mass is 9.88. The van der Waals surface area contributed by atoms with Gasteiger partial charge in [-0.05, 0) is 52.0 Å². The highest BCUT2D eigenvalue weighted by molar-refractivity contribution is 9.10. The van der Waals surface area contributed by atoms with Gasteiger partial charge in [-0.3, -0.25) is 9.48 Å². The molecule has 0 bridgehead atoms. The molecule has 1 aliphatic carbocycles. The number of rotatable bonds is 4. The van der Waals surface area contributed by atoms with Crippen molar-refractivity contribution in [3.05, 3.63) is 98.5 Å². The van der Waals surface area contributed by atoms with E-state index in [0.717, 1.165) is 15.6 Å². The predicted molar refractivity (Wildman–Crippen MR) is 139 cm³/mol. The van der Waals surface area contributed by atoms with Crippen LogP contribution in [0.4, 0.5) is 18.9 Å². The van der Waals surface area contributed by atoms with Gasteiger partial charge in [0.2, 0.25) is 0 Å². The second-order valence-corrected chi connectivity index (χ2v) is 10.0. The summed E-state index contributed by atoms with van der Waals surface area (Å²) in [6.45, 7) is 0.423. The molecular weight excluding hydrogens is 585 g/mol.